The van der Waals surface area contributed by atoms with Crippen LogP contribution in [0, 0.1) is 11.3 Å². The Kier molecular flexibility index (Phi) is 3.18. The van der Waals surface area contributed by atoms with Crippen LogP contribution in [0.4, 0.5) is 0 Å². The molecule has 1 heterocycles. The van der Waals surface area contributed by atoms with E-state index in [-0.39, 0.29) is 0 Å². The molecule has 0 bridgehead atoms. The Bertz CT molecular complexity index is 511. The average molecular weight is 230 g/mol. The predicted molar refractivity (Wildman–Crippen MR) is 63.4 cm³/mol. The second-order valence-electron chi connectivity index (χ2n) is 3.10. The first-order chi connectivity index (χ1) is 7.85. The van der Waals surface area contributed by atoms with Crippen LogP contribution in [0.25, 0.3) is 11.3 Å². The minimum Gasteiger partial charge on any atom is -0.494 e. The van der Waals surface area contributed by atoms with Gasteiger partial charge in [0.15, 0.2) is 0 Å². The molecule has 0 N–H and O–H groups in total. The molecule has 16 heavy (non-hydrogen) atoms. The molecule has 80 valence electrons. The van der Waals surface area contributed by atoms with Crippen molar-refractivity contribution in [3.8, 4) is 23.1 Å². The van der Waals surface area contributed by atoms with E-state index in [2.05, 4.69) is 11.1 Å². The molecule has 1 aromatic carbocycles. The highest BCUT2D eigenvalue weighted by Crippen LogP contribution is 2.26. The second kappa shape index (κ2) is 4.77. The van der Waals surface area contributed by atoms with Crippen molar-refractivity contribution in [2.24, 2.45) is 0 Å². The molecule has 0 aliphatic carbocycles. The van der Waals surface area contributed by atoms with Gasteiger partial charge in [0.2, 0.25) is 0 Å². The fraction of sp³-hybridized carbons (Fsp3) is 0.167. The molecule has 0 unspecified atom stereocenters. The molecule has 0 saturated heterocycles. The Morgan fingerprint density at radius 1 is 1.38 bits per heavy atom. The Morgan fingerprint density at radius 2 is 2.12 bits per heavy atom. The van der Waals surface area contributed by atoms with Crippen molar-refractivity contribution in [2.75, 3.05) is 6.61 Å². The molecular formula is C12H10N2OS. The van der Waals surface area contributed by atoms with Gasteiger partial charge in [0, 0.05) is 5.56 Å². The molecule has 0 saturated carbocycles. The van der Waals surface area contributed by atoms with Crippen LogP contribution in [-0.2, 0) is 0 Å². The van der Waals surface area contributed by atoms with Gasteiger partial charge in [-0.2, -0.15) is 5.26 Å². The zero-order valence-electron chi connectivity index (χ0n) is 8.80. The third-order valence-corrected chi connectivity index (χ3v) is 2.84. The van der Waals surface area contributed by atoms with Gasteiger partial charge in [0.1, 0.15) is 16.7 Å². The van der Waals surface area contributed by atoms with Gasteiger partial charge in [-0.15, -0.1) is 11.3 Å². The molecule has 0 radical (unpaired) electrons. The second-order valence-corrected chi connectivity index (χ2v) is 3.95. The van der Waals surface area contributed by atoms with Crippen LogP contribution in [-0.4, -0.2) is 11.6 Å². The third-order valence-electron chi connectivity index (χ3n) is 2.11. The number of ether oxygens (including phenoxy) is 1. The highest BCUT2D eigenvalue weighted by Gasteiger charge is 2.07. The van der Waals surface area contributed by atoms with Crippen molar-refractivity contribution < 1.29 is 4.74 Å². The first-order valence-electron chi connectivity index (χ1n) is 4.92. The van der Waals surface area contributed by atoms with Gasteiger partial charge in [-0.25, -0.2) is 4.98 Å². The summed E-state index contributed by atoms with van der Waals surface area (Å²) in [6.07, 6.45) is 0. The molecule has 0 atom stereocenters. The summed E-state index contributed by atoms with van der Waals surface area (Å²) < 4.78 is 5.35. The van der Waals surface area contributed by atoms with E-state index in [0.29, 0.717) is 11.5 Å². The van der Waals surface area contributed by atoms with E-state index in [1.807, 2.05) is 31.2 Å². The van der Waals surface area contributed by atoms with Gasteiger partial charge in [0.05, 0.1) is 17.8 Å². The Morgan fingerprint density at radius 3 is 2.75 bits per heavy atom. The maximum atomic E-state index is 8.90. The molecule has 0 fully saturated rings. The molecule has 0 aliphatic rings. The summed E-state index contributed by atoms with van der Waals surface area (Å²) in [7, 11) is 0. The molecule has 3 nitrogen and oxygen atoms in total. The highest BCUT2D eigenvalue weighted by atomic mass is 32.1. The van der Waals surface area contributed by atoms with E-state index in [9.17, 15) is 0 Å². The summed E-state index contributed by atoms with van der Waals surface area (Å²) in [5, 5.41) is 8.90. The van der Waals surface area contributed by atoms with Gasteiger partial charge in [-0.3, -0.25) is 0 Å². The fourth-order valence-corrected chi connectivity index (χ4v) is 2.01. The average Bonchev–Trinajstić information content (AvgIpc) is 2.78. The Hall–Kier alpha value is -1.86. The number of benzene rings is 1. The number of hydrogen-bond donors (Lipinski definition) is 0. The van der Waals surface area contributed by atoms with Crippen LogP contribution in [0.3, 0.4) is 0 Å². The quantitative estimate of drug-likeness (QED) is 0.814. The zero-order chi connectivity index (χ0) is 11.4. The van der Waals surface area contributed by atoms with Crippen molar-refractivity contribution in [3.63, 3.8) is 0 Å². The number of thiazole rings is 1. The molecule has 0 aliphatic heterocycles. The summed E-state index contributed by atoms with van der Waals surface area (Å²) in [4.78, 5) is 4.83. The van der Waals surface area contributed by atoms with Crippen LogP contribution < -0.4 is 4.74 Å². The lowest BCUT2D eigenvalue weighted by Crippen LogP contribution is -1.90. The van der Waals surface area contributed by atoms with Crippen molar-refractivity contribution in [3.05, 3.63) is 34.7 Å². The lowest BCUT2D eigenvalue weighted by Gasteiger charge is -2.03. The number of hydrogen-bond acceptors (Lipinski definition) is 4. The van der Waals surface area contributed by atoms with Crippen LogP contribution in [0.1, 0.15) is 11.8 Å². The Labute approximate surface area is 97.9 Å². The van der Waals surface area contributed by atoms with Crippen LogP contribution in [0.2, 0.25) is 0 Å². The molecule has 2 aromatic rings. The van der Waals surface area contributed by atoms with E-state index in [0.717, 1.165) is 17.0 Å². The highest BCUT2D eigenvalue weighted by molar-refractivity contribution is 7.10. The summed E-state index contributed by atoms with van der Waals surface area (Å²) in [6, 6.07) is 9.75. The van der Waals surface area contributed by atoms with Crippen LogP contribution >= 0.6 is 11.3 Å². The largest absolute Gasteiger partial charge is 0.494 e. The van der Waals surface area contributed by atoms with E-state index in [4.69, 9.17) is 10.00 Å². The lowest BCUT2D eigenvalue weighted by molar-refractivity contribution is 0.340. The minimum absolute atomic E-state index is 0.643. The van der Waals surface area contributed by atoms with Crippen molar-refractivity contribution in [1.29, 1.82) is 5.26 Å². The number of nitrogens with zero attached hydrogens (tertiary/aromatic N) is 2. The molecule has 2 rings (SSSR count). The molecular weight excluding hydrogens is 220 g/mol. The van der Waals surface area contributed by atoms with Gasteiger partial charge >= 0.3 is 0 Å². The van der Waals surface area contributed by atoms with E-state index in [1.54, 1.807) is 5.51 Å². The maximum absolute atomic E-state index is 8.90. The topological polar surface area (TPSA) is 45.9 Å². The number of nitriles is 1. The monoisotopic (exact) mass is 230 g/mol. The van der Waals surface area contributed by atoms with Gasteiger partial charge in [-0.1, -0.05) is 0 Å². The van der Waals surface area contributed by atoms with Gasteiger partial charge in [-0.05, 0) is 31.2 Å². The van der Waals surface area contributed by atoms with Gasteiger partial charge < -0.3 is 4.74 Å². The fourth-order valence-electron chi connectivity index (χ4n) is 1.41. The first-order valence-corrected chi connectivity index (χ1v) is 5.80. The molecule has 1 aromatic heterocycles. The summed E-state index contributed by atoms with van der Waals surface area (Å²) in [5.74, 6) is 0.833. The summed E-state index contributed by atoms with van der Waals surface area (Å²) in [6.45, 7) is 2.60. The molecule has 0 amide bonds. The van der Waals surface area contributed by atoms with E-state index in [1.165, 1.54) is 11.3 Å². The predicted octanol–water partition coefficient (Wildman–Crippen LogP) is 3.08. The number of aromatic nitrogens is 1. The van der Waals surface area contributed by atoms with E-state index < -0.39 is 0 Å². The molecule has 4 heteroatoms. The SMILES string of the molecule is CCOc1ccc(-c2ncsc2C#N)cc1. The maximum Gasteiger partial charge on any atom is 0.132 e. The van der Waals surface area contributed by atoms with Crippen molar-refractivity contribution in [2.45, 2.75) is 6.92 Å². The smallest absolute Gasteiger partial charge is 0.132 e. The summed E-state index contributed by atoms with van der Waals surface area (Å²) in [5.41, 5.74) is 3.38. The van der Waals surface area contributed by atoms with Crippen molar-refractivity contribution in [1.82, 2.24) is 4.98 Å². The Balaban J connectivity index is 2.32. The van der Waals surface area contributed by atoms with Crippen LogP contribution in [0.5, 0.6) is 5.75 Å². The molecule has 0 spiro atoms. The van der Waals surface area contributed by atoms with E-state index >= 15 is 0 Å². The van der Waals surface area contributed by atoms with Gasteiger partial charge in [0.25, 0.3) is 0 Å². The van der Waals surface area contributed by atoms with Crippen molar-refractivity contribution >= 4 is 11.3 Å². The third kappa shape index (κ3) is 2.05. The standard InChI is InChI=1S/C12H10N2OS/c1-2-15-10-5-3-9(4-6-10)12-11(7-13)16-8-14-12/h3-6,8H,2H2,1H3. The first kappa shape index (κ1) is 10.7. The lowest BCUT2D eigenvalue weighted by atomic mass is 10.1. The van der Waals surface area contributed by atoms with Crippen LogP contribution in [0.15, 0.2) is 29.8 Å². The summed E-state index contributed by atoms with van der Waals surface area (Å²) >= 11 is 1.36. The zero-order valence-corrected chi connectivity index (χ0v) is 9.62. The normalized spacial score (nSPS) is 9.75. The number of rotatable bonds is 3. The minimum atomic E-state index is 0.643.